The summed E-state index contributed by atoms with van der Waals surface area (Å²) >= 11 is 0. The van der Waals surface area contributed by atoms with Crippen LogP contribution in [0, 0.1) is 17.3 Å². The van der Waals surface area contributed by atoms with Gasteiger partial charge in [0, 0.05) is 5.57 Å². The molecule has 0 aliphatic heterocycles. The van der Waals surface area contributed by atoms with Gasteiger partial charge in [0.15, 0.2) is 0 Å². The Morgan fingerprint density at radius 1 is 0.957 bits per heavy atom. The molecule has 8 heteroatoms. The normalized spacial score (nSPS) is 15.7. The van der Waals surface area contributed by atoms with Gasteiger partial charge in [-0.25, -0.2) is 4.79 Å². The molecule has 0 fully saturated rings. The highest BCUT2D eigenvalue weighted by Gasteiger charge is 2.58. The molecule has 2 atom stereocenters. The quantitative estimate of drug-likeness (QED) is 0.475. The lowest BCUT2D eigenvalue weighted by Crippen LogP contribution is -2.52. The van der Waals surface area contributed by atoms with Crippen LogP contribution in [0.15, 0.2) is 12.2 Å². The van der Waals surface area contributed by atoms with Crippen molar-refractivity contribution >= 4 is 23.9 Å². The Bertz CT molecular complexity index is 484. The standard InChI is InChI=1S/C15H22O8/c1-6-22-12(18)9(4)15(14(20)21,8(3)11(16)17)10(5)13(19)23-7-2/h9-10H,3,6-7H2,1-2,4-5H3,(H,16,17)(H,20,21). The second-order valence-electron chi connectivity index (χ2n) is 4.91. The number of aliphatic carboxylic acids is 2. The lowest BCUT2D eigenvalue weighted by molar-refractivity contribution is -0.173. The number of rotatable bonds is 9. The van der Waals surface area contributed by atoms with Gasteiger partial charge in [-0.1, -0.05) is 20.4 Å². The van der Waals surface area contributed by atoms with Crippen molar-refractivity contribution in [2.75, 3.05) is 13.2 Å². The monoisotopic (exact) mass is 330 g/mol. The summed E-state index contributed by atoms with van der Waals surface area (Å²) in [4.78, 5) is 47.3. The van der Waals surface area contributed by atoms with Gasteiger partial charge < -0.3 is 19.7 Å². The third-order valence-electron chi connectivity index (χ3n) is 3.76. The number of carboxylic acids is 2. The van der Waals surface area contributed by atoms with Gasteiger partial charge in [0.1, 0.15) is 5.41 Å². The number of hydrogen-bond donors (Lipinski definition) is 2. The van der Waals surface area contributed by atoms with Gasteiger partial charge in [-0.05, 0) is 13.8 Å². The first-order chi connectivity index (χ1) is 10.6. The zero-order valence-corrected chi connectivity index (χ0v) is 13.6. The van der Waals surface area contributed by atoms with E-state index in [1.807, 2.05) is 0 Å². The molecule has 0 saturated carbocycles. The zero-order valence-electron chi connectivity index (χ0n) is 13.6. The van der Waals surface area contributed by atoms with Crippen LogP contribution in [-0.2, 0) is 28.7 Å². The largest absolute Gasteiger partial charge is 0.481 e. The van der Waals surface area contributed by atoms with E-state index in [0.717, 1.165) is 0 Å². The number of hydrogen-bond acceptors (Lipinski definition) is 6. The lowest BCUT2D eigenvalue weighted by Gasteiger charge is -2.37. The van der Waals surface area contributed by atoms with Gasteiger partial charge in [0.05, 0.1) is 25.0 Å². The molecule has 0 aliphatic rings. The Hall–Kier alpha value is -2.38. The van der Waals surface area contributed by atoms with Gasteiger partial charge >= 0.3 is 23.9 Å². The Balaban J connectivity index is 6.26. The first kappa shape index (κ1) is 20.6. The van der Waals surface area contributed by atoms with E-state index < -0.39 is 46.7 Å². The number of carbonyl (C=O) groups excluding carboxylic acids is 2. The molecule has 0 aromatic heterocycles. The fourth-order valence-electron chi connectivity index (χ4n) is 2.48. The van der Waals surface area contributed by atoms with Crippen molar-refractivity contribution in [2.45, 2.75) is 27.7 Å². The van der Waals surface area contributed by atoms with Crippen molar-refractivity contribution in [3.8, 4) is 0 Å². The highest BCUT2D eigenvalue weighted by atomic mass is 16.5. The third-order valence-corrected chi connectivity index (χ3v) is 3.76. The molecule has 0 radical (unpaired) electrons. The number of esters is 2. The Labute approximate surface area is 134 Å². The fraction of sp³-hybridized carbons (Fsp3) is 0.600. The minimum Gasteiger partial charge on any atom is -0.481 e. The van der Waals surface area contributed by atoms with Crippen molar-refractivity contribution in [1.29, 1.82) is 0 Å². The van der Waals surface area contributed by atoms with Crippen LogP contribution in [0.2, 0.25) is 0 Å². The van der Waals surface area contributed by atoms with E-state index in [2.05, 4.69) is 6.58 Å². The average Bonchev–Trinajstić information content (AvgIpc) is 2.47. The van der Waals surface area contributed by atoms with E-state index >= 15 is 0 Å². The molecule has 2 unspecified atom stereocenters. The summed E-state index contributed by atoms with van der Waals surface area (Å²) in [5, 5.41) is 18.9. The molecule has 0 rings (SSSR count). The van der Waals surface area contributed by atoms with Crippen LogP contribution in [-0.4, -0.2) is 47.3 Å². The first-order valence-corrected chi connectivity index (χ1v) is 7.08. The molecule has 0 aliphatic carbocycles. The third kappa shape index (κ3) is 3.88. The smallest absolute Gasteiger partial charge is 0.332 e. The minimum absolute atomic E-state index is 0.0216. The summed E-state index contributed by atoms with van der Waals surface area (Å²) in [6, 6.07) is 0. The van der Waals surface area contributed by atoms with Crippen molar-refractivity contribution < 1.29 is 38.9 Å². The summed E-state index contributed by atoms with van der Waals surface area (Å²) in [6.45, 7) is 8.66. The average molecular weight is 330 g/mol. The summed E-state index contributed by atoms with van der Waals surface area (Å²) in [5.74, 6) is -8.07. The molecule has 0 aromatic rings. The minimum atomic E-state index is -2.38. The van der Waals surface area contributed by atoms with Crippen LogP contribution < -0.4 is 0 Å². The second kappa shape index (κ2) is 8.30. The maximum absolute atomic E-state index is 12.0. The predicted molar refractivity (Wildman–Crippen MR) is 78.4 cm³/mol. The van der Waals surface area contributed by atoms with Crippen LogP contribution in [0.4, 0.5) is 0 Å². The molecule has 8 nitrogen and oxygen atoms in total. The molecule has 0 heterocycles. The topological polar surface area (TPSA) is 127 Å². The van der Waals surface area contributed by atoms with Crippen molar-refractivity contribution in [3.05, 3.63) is 12.2 Å². The summed E-state index contributed by atoms with van der Waals surface area (Å²) < 4.78 is 9.58. The van der Waals surface area contributed by atoms with Crippen LogP contribution >= 0.6 is 0 Å². The first-order valence-electron chi connectivity index (χ1n) is 7.08. The lowest BCUT2D eigenvalue weighted by atomic mass is 9.63. The van der Waals surface area contributed by atoms with Gasteiger partial charge in [-0.15, -0.1) is 0 Å². The second-order valence-corrected chi connectivity index (χ2v) is 4.91. The van der Waals surface area contributed by atoms with Gasteiger partial charge in [0.2, 0.25) is 0 Å². The van der Waals surface area contributed by atoms with E-state index in [1.54, 1.807) is 0 Å². The highest BCUT2D eigenvalue weighted by molar-refractivity contribution is 6.01. The van der Waals surface area contributed by atoms with E-state index in [4.69, 9.17) is 9.47 Å². The Kier molecular flexibility index (Phi) is 7.45. The molecule has 0 bridgehead atoms. The Morgan fingerprint density at radius 3 is 1.52 bits per heavy atom. The van der Waals surface area contributed by atoms with E-state index in [9.17, 15) is 29.4 Å². The van der Waals surface area contributed by atoms with E-state index in [-0.39, 0.29) is 13.2 Å². The molecule has 130 valence electrons. The van der Waals surface area contributed by atoms with E-state index in [1.165, 1.54) is 27.7 Å². The van der Waals surface area contributed by atoms with Crippen LogP contribution in [0.3, 0.4) is 0 Å². The van der Waals surface area contributed by atoms with E-state index in [0.29, 0.717) is 0 Å². The maximum Gasteiger partial charge on any atom is 0.332 e. The molecule has 0 aromatic carbocycles. The van der Waals surface area contributed by atoms with Crippen LogP contribution in [0.5, 0.6) is 0 Å². The van der Waals surface area contributed by atoms with Crippen LogP contribution in [0.1, 0.15) is 27.7 Å². The van der Waals surface area contributed by atoms with Crippen molar-refractivity contribution in [1.82, 2.24) is 0 Å². The van der Waals surface area contributed by atoms with Crippen molar-refractivity contribution in [3.63, 3.8) is 0 Å². The number of ether oxygens (including phenoxy) is 2. The van der Waals surface area contributed by atoms with Gasteiger partial charge in [-0.2, -0.15) is 0 Å². The van der Waals surface area contributed by atoms with Gasteiger partial charge in [0.25, 0.3) is 0 Å². The van der Waals surface area contributed by atoms with Crippen LogP contribution in [0.25, 0.3) is 0 Å². The molecular formula is C15H22O8. The number of carboxylic acid groups (broad SMARTS) is 2. The Morgan fingerprint density at radius 2 is 1.30 bits per heavy atom. The molecule has 2 N–H and O–H groups in total. The summed E-state index contributed by atoms with van der Waals surface area (Å²) in [5.41, 5.74) is -3.17. The highest BCUT2D eigenvalue weighted by Crippen LogP contribution is 2.44. The maximum atomic E-state index is 12.0. The zero-order chi connectivity index (χ0) is 18.4. The molecular weight excluding hydrogens is 308 g/mol. The molecule has 23 heavy (non-hydrogen) atoms. The fourth-order valence-corrected chi connectivity index (χ4v) is 2.48. The molecule has 0 spiro atoms. The SMILES string of the molecule is C=C(C(=O)O)C(C(=O)O)(C(C)C(=O)OCC)C(C)C(=O)OCC. The number of carbonyl (C=O) groups is 4. The molecule has 0 saturated heterocycles. The predicted octanol–water partition coefficient (Wildman–Crippen LogP) is 1.10. The van der Waals surface area contributed by atoms with Gasteiger partial charge in [-0.3, -0.25) is 14.4 Å². The summed E-state index contributed by atoms with van der Waals surface area (Å²) in [6.07, 6.45) is 0. The summed E-state index contributed by atoms with van der Waals surface area (Å²) in [7, 11) is 0. The molecule has 0 amide bonds. The van der Waals surface area contributed by atoms with Crippen molar-refractivity contribution in [2.24, 2.45) is 17.3 Å².